The van der Waals surface area contributed by atoms with E-state index in [1.54, 1.807) is 0 Å². The van der Waals surface area contributed by atoms with Gasteiger partial charge in [0.25, 0.3) is 0 Å². The Labute approximate surface area is 197 Å². The summed E-state index contributed by atoms with van der Waals surface area (Å²) in [6, 6.07) is 8.86. The summed E-state index contributed by atoms with van der Waals surface area (Å²) in [4.78, 5) is 15.3. The van der Waals surface area contributed by atoms with Crippen LogP contribution < -0.4 is 4.90 Å². The maximum Gasteiger partial charge on any atom is 0.171 e. The molecular formula is C28H37NO4. The number of aliphatic hydroxyl groups is 1. The molecule has 33 heavy (non-hydrogen) atoms. The van der Waals surface area contributed by atoms with Gasteiger partial charge in [-0.05, 0) is 67.2 Å². The van der Waals surface area contributed by atoms with Crippen LogP contribution in [-0.4, -0.2) is 49.6 Å². The molecule has 0 amide bonds. The lowest BCUT2D eigenvalue weighted by Gasteiger charge is -2.55. The lowest BCUT2D eigenvalue weighted by molar-refractivity contribution is -0.208. The van der Waals surface area contributed by atoms with Crippen LogP contribution in [0.4, 0.5) is 5.69 Å². The Morgan fingerprint density at radius 1 is 1.03 bits per heavy atom. The molecule has 5 aliphatic rings. The number of ketones is 1. The Kier molecular flexibility index (Phi) is 4.89. The number of ether oxygens (including phenoxy) is 2. The van der Waals surface area contributed by atoms with Gasteiger partial charge in [-0.2, -0.15) is 0 Å². The molecule has 1 saturated heterocycles. The Hall–Kier alpha value is -1.69. The van der Waals surface area contributed by atoms with E-state index in [2.05, 4.69) is 50.2 Å². The molecular weight excluding hydrogens is 414 g/mol. The molecule has 3 saturated carbocycles. The topological polar surface area (TPSA) is 59.0 Å². The minimum atomic E-state index is -0.855. The molecule has 0 aromatic heterocycles. The number of carbonyl (C=O) groups excluding carboxylic acids is 1. The number of Topliss-reactive ketones (excluding diaryl/α,β-unsaturated/α-hetero) is 1. The Morgan fingerprint density at radius 3 is 2.45 bits per heavy atom. The summed E-state index contributed by atoms with van der Waals surface area (Å²) >= 11 is 0. The normalized spacial score (nSPS) is 39.4. The van der Waals surface area contributed by atoms with Crippen LogP contribution in [0.15, 0.2) is 35.4 Å². The van der Waals surface area contributed by atoms with E-state index < -0.39 is 11.4 Å². The van der Waals surface area contributed by atoms with Gasteiger partial charge in [0, 0.05) is 50.4 Å². The van der Waals surface area contributed by atoms with Gasteiger partial charge in [-0.15, -0.1) is 0 Å². The lowest BCUT2D eigenvalue weighted by Crippen LogP contribution is -2.53. The van der Waals surface area contributed by atoms with E-state index in [0.29, 0.717) is 43.7 Å². The number of benzene rings is 1. The highest BCUT2D eigenvalue weighted by Crippen LogP contribution is 2.64. The first kappa shape index (κ1) is 21.8. The van der Waals surface area contributed by atoms with Crippen molar-refractivity contribution in [1.82, 2.24) is 0 Å². The molecule has 5 atom stereocenters. The van der Waals surface area contributed by atoms with E-state index in [1.807, 2.05) is 0 Å². The monoisotopic (exact) mass is 451 g/mol. The molecule has 1 aromatic rings. The first-order valence-electron chi connectivity index (χ1n) is 12.8. The van der Waals surface area contributed by atoms with Crippen LogP contribution in [0, 0.1) is 17.3 Å². The van der Waals surface area contributed by atoms with Crippen molar-refractivity contribution in [3.63, 3.8) is 0 Å². The molecule has 4 aliphatic carbocycles. The van der Waals surface area contributed by atoms with Crippen molar-refractivity contribution in [2.24, 2.45) is 17.3 Å². The summed E-state index contributed by atoms with van der Waals surface area (Å²) in [6.45, 7) is 3.47. The van der Waals surface area contributed by atoms with Crippen molar-refractivity contribution in [3.8, 4) is 0 Å². The fourth-order valence-electron chi connectivity index (χ4n) is 8.09. The molecule has 1 heterocycles. The van der Waals surface area contributed by atoms with E-state index >= 15 is 0 Å². The third kappa shape index (κ3) is 3.19. The maximum atomic E-state index is 13.1. The predicted octanol–water partition coefficient (Wildman–Crippen LogP) is 4.59. The molecule has 5 nitrogen and oxygen atoms in total. The first-order valence-corrected chi connectivity index (χ1v) is 12.8. The van der Waals surface area contributed by atoms with Crippen LogP contribution in [0.3, 0.4) is 0 Å². The number of hydrogen-bond acceptors (Lipinski definition) is 5. The van der Waals surface area contributed by atoms with Gasteiger partial charge < -0.3 is 19.5 Å². The van der Waals surface area contributed by atoms with Crippen LogP contribution >= 0.6 is 0 Å². The smallest absolute Gasteiger partial charge is 0.171 e. The first-order chi connectivity index (χ1) is 15.7. The van der Waals surface area contributed by atoms with Crippen molar-refractivity contribution in [2.75, 3.05) is 32.2 Å². The second-order valence-electron chi connectivity index (χ2n) is 11.6. The molecule has 6 rings (SSSR count). The summed E-state index contributed by atoms with van der Waals surface area (Å²) in [5.74, 6) is 0.826. The highest BCUT2D eigenvalue weighted by atomic mass is 16.7. The second-order valence-corrected chi connectivity index (χ2v) is 11.6. The molecule has 1 aromatic carbocycles. The number of anilines is 1. The van der Waals surface area contributed by atoms with Gasteiger partial charge in [0.1, 0.15) is 5.78 Å². The van der Waals surface area contributed by atoms with Gasteiger partial charge in [-0.3, -0.25) is 4.79 Å². The SMILES string of the molecule is CN(C)c1ccc([C@H]2C[C@]3(C)C(=O)CCC3C3CCC4(O)CC5(CCC4=C32)OCCO5)cc1. The largest absolute Gasteiger partial charge is 0.385 e. The molecule has 0 radical (unpaired) electrons. The van der Waals surface area contributed by atoms with Crippen molar-refractivity contribution in [1.29, 1.82) is 0 Å². The maximum absolute atomic E-state index is 13.1. The van der Waals surface area contributed by atoms with Gasteiger partial charge in [-0.25, -0.2) is 0 Å². The summed E-state index contributed by atoms with van der Waals surface area (Å²) in [5, 5.41) is 12.0. The van der Waals surface area contributed by atoms with Gasteiger partial charge in [0.2, 0.25) is 0 Å². The average molecular weight is 452 g/mol. The Bertz CT molecular complexity index is 992. The third-order valence-electron chi connectivity index (χ3n) is 9.75. The molecule has 178 valence electrons. The number of hydrogen-bond donors (Lipinski definition) is 1. The van der Waals surface area contributed by atoms with E-state index in [9.17, 15) is 9.90 Å². The number of carbonyl (C=O) groups is 1. The van der Waals surface area contributed by atoms with Crippen molar-refractivity contribution >= 4 is 11.5 Å². The zero-order valence-electron chi connectivity index (χ0n) is 20.2. The molecule has 5 heteroatoms. The molecule has 4 fully saturated rings. The Morgan fingerprint density at radius 2 is 1.76 bits per heavy atom. The van der Waals surface area contributed by atoms with Crippen molar-refractivity contribution in [2.45, 2.75) is 75.6 Å². The number of rotatable bonds is 2. The van der Waals surface area contributed by atoms with Gasteiger partial charge in [0.15, 0.2) is 5.79 Å². The zero-order chi connectivity index (χ0) is 23.0. The number of nitrogens with zero attached hydrogens (tertiary/aromatic N) is 1. The van der Waals surface area contributed by atoms with Crippen molar-refractivity contribution in [3.05, 3.63) is 41.0 Å². The van der Waals surface area contributed by atoms with Gasteiger partial charge in [0.05, 0.1) is 18.8 Å². The van der Waals surface area contributed by atoms with Crippen LogP contribution in [0.25, 0.3) is 0 Å². The molecule has 1 N–H and O–H groups in total. The van der Waals surface area contributed by atoms with Crippen LogP contribution in [-0.2, 0) is 14.3 Å². The average Bonchev–Trinajstić information content (AvgIpc) is 3.36. The van der Waals surface area contributed by atoms with Crippen LogP contribution in [0.2, 0.25) is 0 Å². The van der Waals surface area contributed by atoms with E-state index in [4.69, 9.17) is 9.47 Å². The second kappa shape index (κ2) is 7.40. The van der Waals surface area contributed by atoms with E-state index in [1.165, 1.54) is 22.4 Å². The highest BCUT2D eigenvalue weighted by molar-refractivity contribution is 5.87. The van der Waals surface area contributed by atoms with E-state index in [0.717, 1.165) is 38.5 Å². The summed E-state index contributed by atoms with van der Waals surface area (Å²) in [7, 11) is 4.12. The quantitative estimate of drug-likeness (QED) is 0.667. The lowest BCUT2D eigenvalue weighted by atomic mass is 9.51. The zero-order valence-corrected chi connectivity index (χ0v) is 20.2. The van der Waals surface area contributed by atoms with Crippen LogP contribution in [0.1, 0.15) is 69.8 Å². The molecule has 1 spiro atoms. The summed E-state index contributed by atoms with van der Waals surface area (Å²) in [6.07, 6.45) is 6.45. The Balaban J connectivity index is 1.46. The fourth-order valence-corrected chi connectivity index (χ4v) is 8.09. The highest BCUT2D eigenvalue weighted by Gasteiger charge is 2.60. The van der Waals surface area contributed by atoms with Crippen LogP contribution in [0.5, 0.6) is 0 Å². The van der Waals surface area contributed by atoms with E-state index in [-0.39, 0.29) is 11.3 Å². The van der Waals surface area contributed by atoms with Gasteiger partial charge in [-0.1, -0.05) is 24.6 Å². The summed E-state index contributed by atoms with van der Waals surface area (Å²) < 4.78 is 12.0. The van der Waals surface area contributed by atoms with Gasteiger partial charge >= 0.3 is 0 Å². The number of fused-ring (bicyclic) bond motifs is 4. The third-order valence-corrected chi connectivity index (χ3v) is 9.75. The van der Waals surface area contributed by atoms with Crippen molar-refractivity contribution < 1.29 is 19.4 Å². The summed E-state index contributed by atoms with van der Waals surface area (Å²) in [5.41, 5.74) is 4.05. The standard InChI is InChI=1S/C28H37NO4/c1-26-16-21(18-4-6-19(7-5-18)29(2)3)25-20(22(26)8-9-24(26)30)10-12-27(31)17-28(13-11-23(25)27)32-14-15-33-28/h4-7,20-22,31H,8-17H2,1-3H3/t20?,21-,22?,26+,27?/m1/s1. The fraction of sp³-hybridized carbons (Fsp3) is 0.679. The predicted molar refractivity (Wildman–Crippen MR) is 127 cm³/mol. The molecule has 3 unspecified atom stereocenters. The minimum Gasteiger partial charge on any atom is -0.385 e. The molecule has 1 aliphatic heterocycles. The minimum absolute atomic E-state index is 0.191. The molecule has 0 bridgehead atoms. The number of allylic oxidation sites excluding steroid dienone is 1.